The zero-order valence-corrected chi connectivity index (χ0v) is 14.9. The normalized spacial score (nSPS) is 12.7. The molecule has 0 fully saturated rings. The quantitative estimate of drug-likeness (QED) is 0.756. The fourth-order valence-corrected chi connectivity index (χ4v) is 4.14. The molecule has 5 nitrogen and oxygen atoms in total. The zero-order chi connectivity index (χ0) is 16.3. The monoisotopic (exact) mass is 382 g/mol. The number of ether oxygens (including phenoxy) is 1. The standard InChI is InChI=1S/C13H20BrFN2O3S/c1-13(2,8-20-4)17-21(18,19)11-6-10(14)5-9(7-16-3)12(11)15/h5-6,16-17H,7-8H2,1-4H3. The van der Waals surface area contributed by atoms with Crippen LogP contribution in [-0.2, 0) is 21.3 Å². The summed E-state index contributed by atoms with van der Waals surface area (Å²) in [5.41, 5.74) is -0.567. The highest BCUT2D eigenvalue weighted by molar-refractivity contribution is 9.10. The Labute approximate surface area is 133 Å². The van der Waals surface area contributed by atoms with E-state index in [2.05, 4.69) is 26.0 Å². The van der Waals surface area contributed by atoms with Gasteiger partial charge in [-0.1, -0.05) is 15.9 Å². The second kappa shape index (κ2) is 7.15. The van der Waals surface area contributed by atoms with E-state index in [0.29, 0.717) is 4.47 Å². The van der Waals surface area contributed by atoms with Gasteiger partial charge in [0.05, 0.1) is 12.1 Å². The smallest absolute Gasteiger partial charge is 0.244 e. The van der Waals surface area contributed by atoms with Crippen LogP contribution in [0.5, 0.6) is 0 Å². The van der Waals surface area contributed by atoms with Crippen LogP contribution in [0.3, 0.4) is 0 Å². The molecule has 0 amide bonds. The Kier molecular flexibility index (Phi) is 6.30. The average Bonchev–Trinajstić information content (AvgIpc) is 2.31. The van der Waals surface area contributed by atoms with Gasteiger partial charge in [0.2, 0.25) is 10.0 Å². The highest BCUT2D eigenvalue weighted by Crippen LogP contribution is 2.25. The number of benzene rings is 1. The molecule has 2 N–H and O–H groups in total. The van der Waals surface area contributed by atoms with Crippen LogP contribution in [0, 0.1) is 5.82 Å². The molecule has 120 valence electrons. The summed E-state index contributed by atoms with van der Waals surface area (Å²) in [6, 6.07) is 2.80. The van der Waals surface area contributed by atoms with Gasteiger partial charge in [0.15, 0.2) is 0 Å². The fraction of sp³-hybridized carbons (Fsp3) is 0.538. The third-order valence-corrected chi connectivity index (χ3v) is 4.81. The molecule has 0 unspecified atom stereocenters. The van der Waals surface area contributed by atoms with Crippen LogP contribution in [0.25, 0.3) is 0 Å². The highest BCUT2D eigenvalue weighted by atomic mass is 79.9. The van der Waals surface area contributed by atoms with Crippen molar-refractivity contribution in [1.29, 1.82) is 0 Å². The Morgan fingerprint density at radius 2 is 2.00 bits per heavy atom. The summed E-state index contributed by atoms with van der Waals surface area (Å²) in [5, 5.41) is 2.80. The molecule has 0 aromatic heterocycles. The van der Waals surface area contributed by atoms with Gasteiger partial charge in [-0.3, -0.25) is 0 Å². The van der Waals surface area contributed by atoms with Gasteiger partial charge in [0.25, 0.3) is 0 Å². The van der Waals surface area contributed by atoms with Crippen molar-refractivity contribution in [1.82, 2.24) is 10.0 Å². The Bertz CT molecular complexity index is 606. The van der Waals surface area contributed by atoms with E-state index in [9.17, 15) is 12.8 Å². The lowest BCUT2D eigenvalue weighted by atomic mass is 10.1. The van der Waals surface area contributed by atoms with Crippen LogP contribution >= 0.6 is 15.9 Å². The van der Waals surface area contributed by atoms with E-state index in [-0.39, 0.29) is 23.6 Å². The Balaban J connectivity index is 3.25. The van der Waals surface area contributed by atoms with Gasteiger partial charge in [-0.25, -0.2) is 17.5 Å². The molecule has 0 saturated carbocycles. The lowest BCUT2D eigenvalue weighted by Gasteiger charge is -2.25. The van der Waals surface area contributed by atoms with Gasteiger partial charge in [-0.15, -0.1) is 0 Å². The number of nitrogens with one attached hydrogen (secondary N) is 2. The summed E-state index contributed by atoms with van der Waals surface area (Å²) in [5.74, 6) is -0.756. The molecule has 0 aliphatic carbocycles. The number of methoxy groups -OCH3 is 1. The molecule has 1 rings (SSSR count). The molecule has 0 saturated heterocycles. The van der Waals surface area contributed by atoms with Crippen molar-refractivity contribution < 1.29 is 17.5 Å². The van der Waals surface area contributed by atoms with Crippen molar-refractivity contribution in [2.24, 2.45) is 0 Å². The number of halogens is 2. The van der Waals surface area contributed by atoms with Crippen LogP contribution < -0.4 is 10.0 Å². The third-order valence-electron chi connectivity index (χ3n) is 2.65. The molecule has 8 heteroatoms. The minimum Gasteiger partial charge on any atom is -0.383 e. The summed E-state index contributed by atoms with van der Waals surface area (Å²) in [6.45, 7) is 3.73. The molecule has 21 heavy (non-hydrogen) atoms. The summed E-state index contributed by atoms with van der Waals surface area (Å²) in [4.78, 5) is -0.383. The van der Waals surface area contributed by atoms with E-state index in [1.165, 1.54) is 13.2 Å². The van der Waals surface area contributed by atoms with E-state index < -0.39 is 21.4 Å². The van der Waals surface area contributed by atoms with Gasteiger partial charge in [0.1, 0.15) is 10.7 Å². The van der Waals surface area contributed by atoms with E-state index in [4.69, 9.17) is 4.74 Å². The van der Waals surface area contributed by atoms with Crippen molar-refractivity contribution in [2.45, 2.75) is 30.8 Å². The lowest BCUT2D eigenvalue weighted by Crippen LogP contribution is -2.46. The molecule has 0 bridgehead atoms. The van der Waals surface area contributed by atoms with E-state index in [0.717, 1.165) is 0 Å². The molecular weight excluding hydrogens is 363 g/mol. The van der Waals surface area contributed by atoms with E-state index >= 15 is 0 Å². The van der Waals surface area contributed by atoms with Crippen LogP contribution in [0.15, 0.2) is 21.5 Å². The van der Waals surface area contributed by atoms with Crippen molar-refractivity contribution in [3.63, 3.8) is 0 Å². The van der Waals surface area contributed by atoms with Crippen LogP contribution in [0.2, 0.25) is 0 Å². The molecule has 0 atom stereocenters. The first-order valence-electron chi connectivity index (χ1n) is 6.28. The topological polar surface area (TPSA) is 67.4 Å². The van der Waals surface area contributed by atoms with Gasteiger partial charge in [-0.05, 0) is 33.0 Å². The number of rotatable bonds is 7. The van der Waals surface area contributed by atoms with Gasteiger partial charge in [-0.2, -0.15) is 0 Å². The van der Waals surface area contributed by atoms with Crippen molar-refractivity contribution in [2.75, 3.05) is 20.8 Å². The average molecular weight is 383 g/mol. The van der Waals surface area contributed by atoms with Gasteiger partial charge in [0, 0.05) is 23.7 Å². The number of hydrogen-bond acceptors (Lipinski definition) is 4. The second-order valence-electron chi connectivity index (χ2n) is 5.33. The van der Waals surface area contributed by atoms with E-state index in [1.807, 2.05) is 0 Å². The van der Waals surface area contributed by atoms with Crippen LogP contribution in [-0.4, -0.2) is 34.7 Å². The molecule has 0 heterocycles. The largest absolute Gasteiger partial charge is 0.383 e. The second-order valence-corrected chi connectivity index (χ2v) is 7.90. The van der Waals surface area contributed by atoms with Gasteiger partial charge < -0.3 is 10.1 Å². The minimum absolute atomic E-state index is 0.172. The molecule has 0 aliphatic heterocycles. The van der Waals surface area contributed by atoms with Crippen LogP contribution in [0.4, 0.5) is 4.39 Å². The predicted molar refractivity (Wildman–Crippen MR) is 83.1 cm³/mol. The molecule has 1 aromatic carbocycles. The van der Waals surface area contributed by atoms with Crippen molar-refractivity contribution in [3.05, 3.63) is 28.0 Å². The molecular formula is C13H20BrFN2O3S. The third kappa shape index (κ3) is 5.00. The molecule has 1 aromatic rings. The number of sulfonamides is 1. The molecule has 0 aliphatic rings. The Hall–Kier alpha value is -0.540. The first kappa shape index (κ1) is 18.5. The first-order chi connectivity index (χ1) is 9.63. The molecule has 0 spiro atoms. The SMILES string of the molecule is CNCc1cc(Br)cc(S(=O)(=O)NC(C)(C)COC)c1F. The fourth-order valence-electron chi connectivity index (χ4n) is 1.94. The Morgan fingerprint density at radius 3 is 2.52 bits per heavy atom. The minimum atomic E-state index is -4.00. The van der Waals surface area contributed by atoms with Crippen LogP contribution in [0.1, 0.15) is 19.4 Å². The maximum atomic E-state index is 14.4. The Morgan fingerprint density at radius 1 is 1.38 bits per heavy atom. The highest BCUT2D eigenvalue weighted by Gasteiger charge is 2.29. The van der Waals surface area contributed by atoms with Crippen molar-refractivity contribution >= 4 is 26.0 Å². The maximum absolute atomic E-state index is 14.4. The maximum Gasteiger partial charge on any atom is 0.244 e. The van der Waals surface area contributed by atoms with E-state index in [1.54, 1.807) is 27.0 Å². The van der Waals surface area contributed by atoms with Crippen molar-refractivity contribution in [3.8, 4) is 0 Å². The van der Waals surface area contributed by atoms with Gasteiger partial charge >= 0.3 is 0 Å². The summed E-state index contributed by atoms with van der Waals surface area (Å²) in [7, 11) is -0.863. The molecule has 0 radical (unpaired) electrons. The lowest BCUT2D eigenvalue weighted by molar-refractivity contribution is 0.141. The first-order valence-corrected chi connectivity index (χ1v) is 8.56. The predicted octanol–water partition coefficient (Wildman–Crippen LogP) is 2.01. The summed E-state index contributed by atoms with van der Waals surface area (Å²) < 4.78 is 47.1. The zero-order valence-electron chi connectivity index (χ0n) is 12.5. The summed E-state index contributed by atoms with van der Waals surface area (Å²) in [6.07, 6.45) is 0. The summed E-state index contributed by atoms with van der Waals surface area (Å²) >= 11 is 3.21. The number of hydrogen-bond donors (Lipinski definition) is 2.